The third-order valence-electron chi connectivity index (χ3n) is 4.40. The maximum atomic E-state index is 11.8. The molecule has 7 nitrogen and oxygen atoms in total. The minimum Gasteiger partial charge on any atom is -0.334 e. The number of aliphatic imine (C=N–C) groups is 1. The number of amides is 2. The van der Waals surface area contributed by atoms with Crippen molar-refractivity contribution < 1.29 is 14.1 Å². The smallest absolute Gasteiger partial charge is 0.260 e. The van der Waals surface area contributed by atoms with Crippen molar-refractivity contribution in [3.8, 4) is 11.5 Å². The molecule has 0 fully saturated rings. The molecule has 0 radical (unpaired) electrons. The highest BCUT2D eigenvalue weighted by molar-refractivity contribution is 5.97. The number of carbonyl (C=O) groups excluding carboxylic acids is 2. The molecule has 2 aromatic rings. The SMILES string of the molecule is CC(=O)N1CCCc2cc(-c3nc(C4C=CC=NC4=O)no3)ccc21. The molecule has 1 aromatic carbocycles. The van der Waals surface area contributed by atoms with Gasteiger partial charge < -0.3 is 9.42 Å². The van der Waals surface area contributed by atoms with Gasteiger partial charge in [-0.25, -0.2) is 4.99 Å². The monoisotopic (exact) mass is 336 g/mol. The van der Waals surface area contributed by atoms with Crippen molar-refractivity contribution in [2.24, 2.45) is 4.99 Å². The molecule has 7 heteroatoms. The molecule has 0 bridgehead atoms. The van der Waals surface area contributed by atoms with Crippen molar-refractivity contribution in [2.45, 2.75) is 25.7 Å². The molecule has 1 atom stereocenters. The number of aryl methyl sites for hydroxylation is 1. The first-order valence-electron chi connectivity index (χ1n) is 8.13. The molecule has 4 rings (SSSR count). The summed E-state index contributed by atoms with van der Waals surface area (Å²) >= 11 is 0. The highest BCUT2D eigenvalue weighted by atomic mass is 16.5. The van der Waals surface area contributed by atoms with E-state index in [0.29, 0.717) is 11.7 Å². The lowest BCUT2D eigenvalue weighted by atomic mass is 9.99. The average Bonchev–Trinajstić information content (AvgIpc) is 3.11. The summed E-state index contributed by atoms with van der Waals surface area (Å²) in [5, 5.41) is 3.93. The molecule has 0 saturated heterocycles. The van der Waals surface area contributed by atoms with Crippen molar-refractivity contribution >= 4 is 23.7 Å². The Morgan fingerprint density at radius 1 is 1.36 bits per heavy atom. The molecular weight excluding hydrogens is 320 g/mol. The Labute approximate surface area is 144 Å². The van der Waals surface area contributed by atoms with E-state index in [1.54, 1.807) is 24.0 Å². The van der Waals surface area contributed by atoms with Gasteiger partial charge in [-0.1, -0.05) is 11.2 Å². The number of rotatable bonds is 2. The summed E-state index contributed by atoms with van der Waals surface area (Å²) in [6, 6.07) is 5.73. The van der Waals surface area contributed by atoms with Crippen LogP contribution in [0.25, 0.3) is 11.5 Å². The van der Waals surface area contributed by atoms with Crippen LogP contribution in [0, 0.1) is 0 Å². The molecule has 2 amide bonds. The summed E-state index contributed by atoms with van der Waals surface area (Å²) in [6.07, 6.45) is 6.65. The Morgan fingerprint density at radius 3 is 3.04 bits per heavy atom. The fraction of sp³-hybridized carbons (Fsp3) is 0.278. The van der Waals surface area contributed by atoms with E-state index in [1.807, 2.05) is 18.2 Å². The minimum absolute atomic E-state index is 0.0388. The molecule has 25 heavy (non-hydrogen) atoms. The summed E-state index contributed by atoms with van der Waals surface area (Å²) in [5.74, 6) is -0.215. The van der Waals surface area contributed by atoms with Crippen molar-refractivity contribution in [3.63, 3.8) is 0 Å². The van der Waals surface area contributed by atoms with Crippen LogP contribution in [0.1, 0.15) is 30.7 Å². The highest BCUT2D eigenvalue weighted by Crippen LogP contribution is 2.32. The summed E-state index contributed by atoms with van der Waals surface area (Å²) < 4.78 is 5.34. The maximum absolute atomic E-state index is 11.8. The standard InChI is InChI=1S/C18H16N4O3/c1-11(23)22-9-3-4-12-10-13(6-7-15(12)22)18-20-16(21-25-18)14-5-2-8-19-17(14)24/h2,5-8,10,14H,3-4,9H2,1H3. The number of fused-ring (bicyclic) bond motifs is 1. The molecule has 0 aliphatic carbocycles. The lowest BCUT2D eigenvalue weighted by Crippen LogP contribution is -2.33. The fourth-order valence-electron chi connectivity index (χ4n) is 3.17. The fourth-order valence-corrected chi connectivity index (χ4v) is 3.17. The number of benzene rings is 1. The van der Waals surface area contributed by atoms with E-state index in [0.717, 1.165) is 36.2 Å². The van der Waals surface area contributed by atoms with Crippen LogP contribution in [0.4, 0.5) is 5.69 Å². The second-order valence-electron chi connectivity index (χ2n) is 6.05. The van der Waals surface area contributed by atoms with Crippen LogP contribution in [0.15, 0.2) is 39.9 Å². The Bertz CT molecular complexity index is 913. The van der Waals surface area contributed by atoms with Crippen molar-refractivity contribution in [2.75, 3.05) is 11.4 Å². The molecular formula is C18H16N4O3. The van der Waals surface area contributed by atoms with E-state index < -0.39 is 5.92 Å². The van der Waals surface area contributed by atoms with Gasteiger partial charge in [0, 0.05) is 30.9 Å². The van der Waals surface area contributed by atoms with Crippen LogP contribution >= 0.6 is 0 Å². The molecule has 2 aliphatic rings. The van der Waals surface area contributed by atoms with E-state index in [1.165, 1.54) is 6.21 Å². The van der Waals surface area contributed by atoms with Crippen molar-refractivity contribution in [3.05, 3.63) is 41.7 Å². The lowest BCUT2D eigenvalue weighted by Gasteiger charge is -2.28. The zero-order valence-corrected chi connectivity index (χ0v) is 13.7. The van der Waals surface area contributed by atoms with Crippen molar-refractivity contribution in [1.29, 1.82) is 0 Å². The summed E-state index contributed by atoms with van der Waals surface area (Å²) in [7, 11) is 0. The van der Waals surface area contributed by atoms with Crippen molar-refractivity contribution in [1.82, 2.24) is 10.1 Å². The number of hydrogen-bond acceptors (Lipinski definition) is 5. The summed E-state index contributed by atoms with van der Waals surface area (Å²) in [6.45, 7) is 2.31. The van der Waals surface area contributed by atoms with Gasteiger partial charge in [-0.05, 0) is 42.7 Å². The Morgan fingerprint density at radius 2 is 2.24 bits per heavy atom. The molecule has 2 aliphatic heterocycles. The predicted octanol–water partition coefficient (Wildman–Crippen LogP) is 2.29. The number of hydrogen-bond donors (Lipinski definition) is 0. The zero-order valence-electron chi connectivity index (χ0n) is 13.7. The van der Waals surface area contributed by atoms with Gasteiger partial charge in [0.25, 0.3) is 11.8 Å². The number of dihydropyridines is 1. The lowest BCUT2D eigenvalue weighted by molar-refractivity contribution is -0.118. The van der Waals surface area contributed by atoms with Crippen LogP contribution in [-0.4, -0.2) is 34.7 Å². The van der Waals surface area contributed by atoms with Crippen LogP contribution in [0.2, 0.25) is 0 Å². The minimum atomic E-state index is -0.603. The first-order valence-corrected chi connectivity index (χ1v) is 8.13. The Hall–Kier alpha value is -3.09. The van der Waals surface area contributed by atoms with Crippen LogP contribution in [0.3, 0.4) is 0 Å². The number of anilines is 1. The normalized spacial score (nSPS) is 19.2. The van der Waals surface area contributed by atoms with E-state index in [4.69, 9.17) is 4.52 Å². The summed E-state index contributed by atoms with van der Waals surface area (Å²) in [5.41, 5.74) is 2.79. The molecule has 1 aromatic heterocycles. The van der Waals surface area contributed by atoms with E-state index in [-0.39, 0.29) is 11.8 Å². The van der Waals surface area contributed by atoms with E-state index in [9.17, 15) is 9.59 Å². The zero-order chi connectivity index (χ0) is 17.4. The first-order chi connectivity index (χ1) is 12.1. The third kappa shape index (κ3) is 2.77. The highest BCUT2D eigenvalue weighted by Gasteiger charge is 2.25. The number of aromatic nitrogens is 2. The van der Waals surface area contributed by atoms with Gasteiger partial charge >= 0.3 is 0 Å². The van der Waals surface area contributed by atoms with Gasteiger partial charge in [-0.2, -0.15) is 4.98 Å². The van der Waals surface area contributed by atoms with Crippen LogP contribution in [0.5, 0.6) is 0 Å². The largest absolute Gasteiger partial charge is 0.334 e. The molecule has 3 heterocycles. The second kappa shape index (κ2) is 6.08. The molecule has 0 saturated carbocycles. The second-order valence-corrected chi connectivity index (χ2v) is 6.05. The molecule has 1 unspecified atom stereocenters. The van der Waals surface area contributed by atoms with Crippen LogP contribution < -0.4 is 4.90 Å². The molecule has 126 valence electrons. The first kappa shape index (κ1) is 15.4. The van der Waals surface area contributed by atoms with E-state index >= 15 is 0 Å². The maximum Gasteiger partial charge on any atom is 0.260 e. The van der Waals surface area contributed by atoms with Gasteiger partial charge in [0.05, 0.1) is 0 Å². The van der Waals surface area contributed by atoms with Crippen LogP contribution in [-0.2, 0) is 16.0 Å². The van der Waals surface area contributed by atoms with Gasteiger partial charge in [0.2, 0.25) is 5.91 Å². The van der Waals surface area contributed by atoms with Gasteiger partial charge in [-0.3, -0.25) is 9.59 Å². The molecule has 0 N–H and O–H groups in total. The Kier molecular flexibility index (Phi) is 3.76. The third-order valence-corrected chi connectivity index (χ3v) is 4.40. The quantitative estimate of drug-likeness (QED) is 0.839. The van der Waals surface area contributed by atoms with Gasteiger partial charge in [-0.15, -0.1) is 0 Å². The topological polar surface area (TPSA) is 88.7 Å². The van der Waals surface area contributed by atoms with E-state index in [2.05, 4.69) is 15.1 Å². The molecule has 0 spiro atoms. The Balaban J connectivity index is 1.65. The number of allylic oxidation sites excluding steroid dienone is 1. The number of carbonyl (C=O) groups is 2. The van der Waals surface area contributed by atoms with Gasteiger partial charge in [0.1, 0.15) is 5.92 Å². The van der Waals surface area contributed by atoms with Gasteiger partial charge in [0.15, 0.2) is 5.82 Å². The number of nitrogens with zero attached hydrogens (tertiary/aromatic N) is 4. The summed E-state index contributed by atoms with van der Waals surface area (Å²) in [4.78, 5) is 33.5. The average molecular weight is 336 g/mol. The predicted molar refractivity (Wildman–Crippen MR) is 91.5 cm³/mol.